The van der Waals surface area contributed by atoms with Crippen molar-refractivity contribution in [2.24, 2.45) is 11.3 Å². The molecule has 0 aliphatic heterocycles. The van der Waals surface area contributed by atoms with Crippen molar-refractivity contribution in [2.45, 2.75) is 43.9 Å². The van der Waals surface area contributed by atoms with Crippen LogP contribution in [0.1, 0.15) is 30.9 Å². The van der Waals surface area contributed by atoms with E-state index in [9.17, 15) is 10.2 Å². The van der Waals surface area contributed by atoms with Crippen LogP contribution in [0, 0.1) is 11.3 Å². The van der Waals surface area contributed by atoms with Gasteiger partial charge in [0.2, 0.25) is 0 Å². The van der Waals surface area contributed by atoms with E-state index in [0.29, 0.717) is 17.3 Å². The largest absolute Gasteiger partial charge is 0.390 e. The zero-order valence-corrected chi connectivity index (χ0v) is 19.5. The van der Waals surface area contributed by atoms with Gasteiger partial charge in [0.05, 0.1) is 27.5 Å². The van der Waals surface area contributed by atoms with Crippen LogP contribution in [0.5, 0.6) is 0 Å². The summed E-state index contributed by atoms with van der Waals surface area (Å²) in [6.07, 6.45) is 5.22. The van der Waals surface area contributed by atoms with Crippen molar-refractivity contribution in [2.75, 3.05) is 11.5 Å². The molecule has 1 spiro atoms. The maximum Gasteiger partial charge on any atom is 0.145 e. The lowest BCUT2D eigenvalue weighted by molar-refractivity contribution is 0.00533. The Hall–Kier alpha value is -2.75. The Morgan fingerprint density at radius 1 is 1.06 bits per heavy atom. The van der Waals surface area contributed by atoms with Crippen LogP contribution in [0.2, 0.25) is 0 Å². The van der Waals surface area contributed by atoms with Gasteiger partial charge in [-0.2, -0.15) is 0 Å². The van der Waals surface area contributed by atoms with Gasteiger partial charge in [-0.25, -0.2) is 15.0 Å². The van der Waals surface area contributed by atoms with Crippen LogP contribution in [0.15, 0.2) is 47.3 Å². The smallest absolute Gasteiger partial charge is 0.145 e. The molecule has 0 amide bonds. The van der Waals surface area contributed by atoms with Crippen molar-refractivity contribution in [1.29, 1.82) is 0 Å². The summed E-state index contributed by atoms with van der Waals surface area (Å²) < 4.78 is 2.78. The van der Waals surface area contributed by atoms with Gasteiger partial charge in [0.1, 0.15) is 29.7 Å². The molecule has 6 rings (SSSR count). The molecule has 0 saturated heterocycles. The molecule has 4 atom stereocenters. The standard InChI is InChI=1S/C24H25BrN6O2/c25-16-10-13-3-1-12(9-17(13)30-22(16)27)2-4-15-18(32)19(33)20(24(15)6-7-24)31-8-5-14-21(26)28-11-29-23(14)31/h1,3,5,8-11,15,18-20,32-33H,2,4,6-7H2,(H2,27,30)(H2,26,28,29)/t15-,18-,19-,20+/m1/s1. The third-order valence-corrected chi connectivity index (χ3v) is 8.32. The number of benzene rings is 1. The van der Waals surface area contributed by atoms with Crippen LogP contribution in [0.4, 0.5) is 11.6 Å². The second kappa shape index (κ2) is 7.38. The number of hydrogen-bond acceptors (Lipinski definition) is 7. The molecule has 170 valence electrons. The van der Waals surface area contributed by atoms with Crippen LogP contribution in [0.25, 0.3) is 21.9 Å². The van der Waals surface area contributed by atoms with E-state index in [0.717, 1.165) is 52.0 Å². The van der Waals surface area contributed by atoms with Gasteiger partial charge in [0.15, 0.2) is 0 Å². The summed E-state index contributed by atoms with van der Waals surface area (Å²) in [5.41, 5.74) is 14.5. The van der Waals surface area contributed by atoms with Crippen molar-refractivity contribution in [3.63, 3.8) is 0 Å². The highest BCUT2D eigenvalue weighted by Gasteiger charge is 2.66. The van der Waals surface area contributed by atoms with E-state index in [2.05, 4.69) is 43.0 Å². The van der Waals surface area contributed by atoms with Crippen LogP contribution >= 0.6 is 15.9 Å². The Morgan fingerprint density at radius 2 is 1.88 bits per heavy atom. The van der Waals surface area contributed by atoms with Crippen LogP contribution in [-0.4, -0.2) is 41.9 Å². The Labute approximate surface area is 198 Å². The molecular formula is C24H25BrN6O2. The summed E-state index contributed by atoms with van der Waals surface area (Å²) in [4.78, 5) is 13.0. The number of aromatic nitrogens is 4. The zero-order chi connectivity index (χ0) is 22.9. The van der Waals surface area contributed by atoms with Gasteiger partial charge in [-0.3, -0.25) is 0 Å². The minimum absolute atomic E-state index is 0.00669. The fraction of sp³-hybridized carbons (Fsp3) is 0.375. The predicted octanol–water partition coefficient (Wildman–Crippen LogP) is 3.21. The predicted molar refractivity (Wildman–Crippen MR) is 130 cm³/mol. The number of aryl methyl sites for hydroxylation is 1. The highest BCUT2D eigenvalue weighted by Crippen LogP contribution is 2.67. The van der Waals surface area contributed by atoms with Crippen molar-refractivity contribution in [1.82, 2.24) is 19.5 Å². The Balaban J connectivity index is 1.29. The van der Waals surface area contributed by atoms with Crippen LogP contribution in [-0.2, 0) is 6.42 Å². The molecule has 0 bridgehead atoms. The molecule has 2 saturated carbocycles. The Bertz CT molecular complexity index is 1380. The SMILES string of the molecule is Nc1nc2cc(CC[C@@H]3[C@@H](O)[C@@H](O)[C@H](n4ccc5c(N)ncnc54)C34CC4)ccc2cc1Br. The number of rotatable bonds is 4. The van der Waals surface area contributed by atoms with Crippen LogP contribution in [0.3, 0.4) is 0 Å². The number of aliphatic hydroxyl groups excluding tert-OH is 2. The maximum atomic E-state index is 11.1. The zero-order valence-electron chi connectivity index (χ0n) is 17.9. The fourth-order valence-electron chi connectivity index (χ4n) is 5.93. The number of nitrogens with two attached hydrogens (primary N) is 2. The number of nitrogens with zero attached hydrogens (tertiary/aromatic N) is 4. The van der Waals surface area contributed by atoms with E-state index in [4.69, 9.17) is 11.5 Å². The van der Waals surface area contributed by atoms with E-state index in [1.807, 2.05) is 29.0 Å². The van der Waals surface area contributed by atoms with Crippen LogP contribution < -0.4 is 11.5 Å². The molecule has 3 aromatic heterocycles. The number of pyridine rings is 1. The Morgan fingerprint density at radius 3 is 2.67 bits per heavy atom. The number of anilines is 2. The van der Waals surface area contributed by atoms with Crippen molar-refractivity contribution in [3.8, 4) is 0 Å². The van der Waals surface area contributed by atoms with E-state index in [-0.39, 0.29) is 17.4 Å². The van der Waals surface area contributed by atoms with Gasteiger partial charge < -0.3 is 26.2 Å². The minimum atomic E-state index is -0.861. The monoisotopic (exact) mass is 508 g/mol. The van der Waals surface area contributed by atoms with Gasteiger partial charge in [-0.05, 0) is 76.7 Å². The van der Waals surface area contributed by atoms with Gasteiger partial charge in [-0.15, -0.1) is 0 Å². The lowest BCUT2D eigenvalue weighted by atomic mass is 9.84. The van der Waals surface area contributed by atoms with Crippen molar-refractivity contribution < 1.29 is 10.2 Å². The number of hydrogen-bond donors (Lipinski definition) is 4. The third-order valence-electron chi connectivity index (χ3n) is 7.69. The van der Waals surface area contributed by atoms with Gasteiger partial charge >= 0.3 is 0 Å². The average molecular weight is 509 g/mol. The van der Waals surface area contributed by atoms with Crippen molar-refractivity contribution >= 4 is 49.5 Å². The summed E-state index contributed by atoms with van der Waals surface area (Å²) in [6, 6.07) is 9.83. The number of nitrogen functional groups attached to an aromatic ring is 2. The first kappa shape index (κ1) is 20.8. The van der Waals surface area contributed by atoms with E-state index in [1.54, 1.807) is 0 Å². The molecule has 0 unspecified atom stereocenters. The molecule has 6 N–H and O–H groups in total. The van der Waals surface area contributed by atoms with E-state index >= 15 is 0 Å². The second-order valence-corrected chi connectivity index (χ2v) is 10.3. The maximum absolute atomic E-state index is 11.1. The molecule has 2 fully saturated rings. The molecule has 33 heavy (non-hydrogen) atoms. The average Bonchev–Trinajstić information content (AvgIpc) is 3.41. The van der Waals surface area contributed by atoms with E-state index in [1.165, 1.54) is 6.33 Å². The molecule has 1 aromatic carbocycles. The molecular weight excluding hydrogens is 484 g/mol. The number of fused-ring (bicyclic) bond motifs is 2. The molecule has 2 aliphatic carbocycles. The summed E-state index contributed by atoms with van der Waals surface area (Å²) in [5, 5.41) is 24.0. The molecule has 0 radical (unpaired) electrons. The summed E-state index contributed by atoms with van der Waals surface area (Å²) in [6.45, 7) is 0. The molecule has 2 aliphatic rings. The highest BCUT2D eigenvalue weighted by molar-refractivity contribution is 9.10. The number of halogens is 1. The number of aliphatic hydroxyl groups is 2. The summed E-state index contributed by atoms with van der Waals surface area (Å²) in [7, 11) is 0. The molecule has 3 heterocycles. The first-order valence-electron chi connectivity index (χ1n) is 11.2. The first-order chi connectivity index (χ1) is 15.9. The molecule has 4 aromatic rings. The quantitative estimate of drug-likeness (QED) is 0.332. The lowest BCUT2D eigenvalue weighted by Gasteiger charge is -2.27. The van der Waals surface area contributed by atoms with Gasteiger partial charge in [0.25, 0.3) is 0 Å². The van der Waals surface area contributed by atoms with Crippen molar-refractivity contribution in [3.05, 3.63) is 52.9 Å². The molecule has 8 nitrogen and oxygen atoms in total. The highest BCUT2D eigenvalue weighted by atomic mass is 79.9. The first-order valence-corrected chi connectivity index (χ1v) is 12.0. The molecule has 9 heteroatoms. The minimum Gasteiger partial charge on any atom is -0.390 e. The van der Waals surface area contributed by atoms with E-state index < -0.39 is 12.2 Å². The topological polar surface area (TPSA) is 136 Å². The third kappa shape index (κ3) is 3.13. The summed E-state index contributed by atoms with van der Waals surface area (Å²) in [5.74, 6) is 0.885. The Kier molecular flexibility index (Phi) is 4.66. The van der Waals surface area contributed by atoms with Gasteiger partial charge in [0, 0.05) is 11.6 Å². The normalized spacial score (nSPS) is 25.9. The lowest BCUT2D eigenvalue weighted by Crippen LogP contribution is -2.29. The van der Waals surface area contributed by atoms with Gasteiger partial charge in [-0.1, -0.05) is 12.1 Å². The summed E-state index contributed by atoms with van der Waals surface area (Å²) >= 11 is 3.43. The second-order valence-electron chi connectivity index (χ2n) is 9.41. The fourth-order valence-corrected chi connectivity index (χ4v) is 6.26.